The van der Waals surface area contributed by atoms with Crippen LogP contribution in [0.4, 0.5) is 0 Å². The molecule has 0 spiro atoms. The van der Waals surface area contributed by atoms with Gasteiger partial charge in [-0.25, -0.2) is 9.97 Å². The quantitative estimate of drug-likeness (QED) is 0.119. The summed E-state index contributed by atoms with van der Waals surface area (Å²) >= 11 is 22.3. The molecule has 7 aromatic carbocycles. The highest BCUT2D eigenvalue weighted by atomic mass is 35.5. The number of aromatic nitrogens is 4. The highest BCUT2D eigenvalue weighted by Gasteiger charge is 2.30. The molecule has 0 fully saturated rings. The largest absolute Gasteiger partial charge is 0.489 e. The van der Waals surface area contributed by atoms with E-state index in [2.05, 4.69) is 26.8 Å². The Bertz CT molecular complexity index is 3860. The van der Waals surface area contributed by atoms with Crippen LogP contribution in [0.3, 0.4) is 0 Å². The predicted molar refractivity (Wildman–Crippen MR) is 235 cm³/mol. The normalized spacial score (nSPS) is 17.5. The maximum atomic E-state index is 14.8. The zero-order chi connectivity index (χ0) is 39.9. The summed E-state index contributed by atoms with van der Waals surface area (Å²) in [6.07, 6.45) is 0.618. The van der Waals surface area contributed by atoms with Crippen molar-refractivity contribution in [1.82, 2.24) is 18.8 Å². The van der Waals surface area contributed by atoms with Gasteiger partial charge in [-0.3, -0.25) is 18.4 Å². The number of pyridine rings is 2. The van der Waals surface area contributed by atoms with E-state index in [-0.39, 0.29) is 23.0 Å². The van der Waals surface area contributed by atoms with Crippen LogP contribution in [0.5, 0.6) is 23.0 Å². The monoisotopic (exact) mass is 838 g/mol. The van der Waals surface area contributed by atoms with Gasteiger partial charge in [0.15, 0.2) is 23.0 Å². The minimum atomic E-state index is -0.274. The molecule has 0 radical (unpaired) electrons. The average Bonchev–Trinajstić information content (AvgIpc) is 3.66. The smallest absolute Gasteiger partial charge is 0.264 e. The van der Waals surface area contributed by atoms with Crippen LogP contribution in [0.2, 0.25) is 15.1 Å². The van der Waals surface area contributed by atoms with Crippen molar-refractivity contribution in [2.75, 3.05) is 26.4 Å². The summed E-state index contributed by atoms with van der Waals surface area (Å²) in [7, 11) is 0. The third-order valence-electron chi connectivity index (χ3n) is 12.5. The molecular formula is C46H29Cl3N4O6. The molecule has 290 valence electrons. The summed E-state index contributed by atoms with van der Waals surface area (Å²) in [5.41, 5.74) is 3.82. The highest BCUT2D eigenvalue weighted by molar-refractivity contribution is 6.54. The second-order valence-corrected chi connectivity index (χ2v) is 17.6. The molecule has 4 aromatic heterocycles. The van der Waals surface area contributed by atoms with Crippen LogP contribution in [0.25, 0.3) is 98.0 Å². The first kappa shape index (κ1) is 34.1. The lowest BCUT2D eigenvalue weighted by Crippen LogP contribution is -2.15. The summed E-state index contributed by atoms with van der Waals surface area (Å²) in [6.45, 7) is 8.23. The van der Waals surface area contributed by atoms with E-state index in [9.17, 15) is 9.59 Å². The van der Waals surface area contributed by atoms with Crippen molar-refractivity contribution in [3.63, 3.8) is 0 Å². The Balaban J connectivity index is 1.19. The van der Waals surface area contributed by atoms with Crippen LogP contribution < -0.4 is 30.1 Å². The number of nitrogens with zero attached hydrogens (tertiary/aromatic N) is 4. The van der Waals surface area contributed by atoms with Gasteiger partial charge < -0.3 is 18.9 Å². The standard InChI is InChI=1S/C46H29Cl3N4O6/c1-4-19-5-20-36-22(45(54)52-29-11-33-31(9-27(29)50-43(20)52)56-13-17(2)15-58-33)8-26(49)39-40-24(47)6-21-37-23(7-25(48)38(42(37)40)35(19)41(36)39)46(55)53-30-12-34-32(10-28(30)51-44(21)53)57-14-18(3)16-59-34/h5-12,17-18H,4,13-16H2,1-3H3. The summed E-state index contributed by atoms with van der Waals surface area (Å²) < 4.78 is 27.7. The van der Waals surface area contributed by atoms with E-state index >= 15 is 0 Å². The number of halogens is 3. The van der Waals surface area contributed by atoms with Crippen LogP contribution >= 0.6 is 34.8 Å². The summed E-state index contributed by atoms with van der Waals surface area (Å²) in [6, 6.07) is 14.8. The molecule has 0 amide bonds. The Labute approximate surface area is 347 Å². The molecule has 6 heterocycles. The van der Waals surface area contributed by atoms with Crippen molar-refractivity contribution in [2.24, 2.45) is 11.8 Å². The second-order valence-electron chi connectivity index (χ2n) is 16.3. The molecule has 2 aliphatic heterocycles. The Morgan fingerprint density at radius 1 is 0.525 bits per heavy atom. The fraction of sp³-hybridized carbons (Fsp3) is 0.217. The number of hydrogen-bond acceptors (Lipinski definition) is 8. The van der Waals surface area contributed by atoms with Crippen molar-refractivity contribution in [3.8, 4) is 23.0 Å². The van der Waals surface area contributed by atoms with E-state index in [1.165, 1.54) is 0 Å². The molecule has 11 aromatic rings. The van der Waals surface area contributed by atoms with E-state index < -0.39 is 0 Å². The minimum absolute atomic E-state index is 0.205. The Morgan fingerprint density at radius 3 is 1.37 bits per heavy atom. The molecular weight excluding hydrogens is 811 g/mol. The van der Waals surface area contributed by atoms with E-state index in [0.717, 1.165) is 37.9 Å². The van der Waals surface area contributed by atoms with Crippen molar-refractivity contribution < 1.29 is 18.9 Å². The lowest BCUT2D eigenvalue weighted by Gasteiger charge is -2.22. The number of aryl methyl sites for hydroxylation is 1. The van der Waals surface area contributed by atoms with Crippen LogP contribution in [-0.4, -0.2) is 45.2 Å². The van der Waals surface area contributed by atoms with Gasteiger partial charge in [-0.05, 0) is 41.6 Å². The number of fused-ring (bicyclic) bond motifs is 12. The predicted octanol–water partition coefficient (Wildman–Crippen LogP) is 10.6. The molecule has 0 bridgehead atoms. The average molecular weight is 840 g/mol. The first-order valence-corrected chi connectivity index (χ1v) is 20.8. The van der Waals surface area contributed by atoms with Gasteiger partial charge in [0.1, 0.15) is 11.3 Å². The molecule has 13 heteroatoms. The van der Waals surface area contributed by atoms with E-state index in [1.54, 1.807) is 20.9 Å². The Hall–Kier alpha value is -5.81. The molecule has 0 saturated carbocycles. The zero-order valence-electron chi connectivity index (χ0n) is 31.7. The van der Waals surface area contributed by atoms with Gasteiger partial charge >= 0.3 is 0 Å². The molecule has 0 N–H and O–H groups in total. The fourth-order valence-corrected chi connectivity index (χ4v) is 10.8. The highest BCUT2D eigenvalue weighted by Crippen LogP contribution is 2.53. The third kappa shape index (κ3) is 4.24. The van der Waals surface area contributed by atoms with Crippen molar-refractivity contribution >= 4 is 133 Å². The Kier molecular flexibility index (Phi) is 6.63. The van der Waals surface area contributed by atoms with E-state index in [1.807, 2.05) is 30.3 Å². The van der Waals surface area contributed by atoms with Crippen LogP contribution in [-0.2, 0) is 6.42 Å². The molecule has 59 heavy (non-hydrogen) atoms. The minimum Gasteiger partial charge on any atom is -0.489 e. The van der Waals surface area contributed by atoms with Gasteiger partial charge in [0, 0.05) is 99.6 Å². The second kappa shape index (κ2) is 11.5. The van der Waals surface area contributed by atoms with Gasteiger partial charge in [0.05, 0.1) is 59.3 Å². The van der Waals surface area contributed by atoms with E-state index in [4.69, 9.17) is 63.7 Å². The van der Waals surface area contributed by atoms with Gasteiger partial charge in [-0.1, -0.05) is 55.6 Å². The molecule has 2 aliphatic rings. The molecule has 13 rings (SSSR count). The third-order valence-corrected chi connectivity index (χ3v) is 13.4. The lowest BCUT2D eigenvalue weighted by atomic mass is 9.83. The molecule has 2 unspecified atom stereocenters. The zero-order valence-corrected chi connectivity index (χ0v) is 33.9. The maximum Gasteiger partial charge on any atom is 0.264 e. The SMILES string of the molecule is CCc1cc2c3c(cc(Cl)c4c5c(Cl)cc6c7c(cc(Cl)c(c1c43)c57)c(=O)n1c3cc4c(cc3nc61)OCC(C)CO4)c(=O)n1c3cc4c(cc3nc21)OCC(C)CO4. The van der Waals surface area contributed by atoms with Gasteiger partial charge in [0.2, 0.25) is 0 Å². The Morgan fingerprint density at radius 2 is 0.915 bits per heavy atom. The lowest BCUT2D eigenvalue weighted by molar-refractivity contribution is 0.228. The van der Waals surface area contributed by atoms with E-state index in [0.29, 0.717) is 137 Å². The molecule has 0 saturated heterocycles. The topological polar surface area (TPSA) is 106 Å². The van der Waals surface area contributed by atoms with Crippen molar-refractivity contribution in [1.29, 1.82) is 0 Å². The fourth-order valence-electron chi connectivity index (χ4n) is 9.88. The van der Waals surface area contributed by atoms with Gasteiger partial charge in [-0.2, -0.15) is 0 Å². The van der Waals surface area contributed by atoms with Crippen LogP contribution in [0, 0.1) is 11.8 Å². The van der Waals surface area contributed by atoms with Crippen molar-refractivity contribution in [3.05, 3.63) is 89.9 Å². The molecule has 0 aliphatic carbocycles. The van der Waals surface area contributed by atoms with Gasteiger partial charge in [-0.15, -0.1) is 0 Å². The molecule has 10 nitrogen and oxygen atoms in total. The maximum absolute atomic E-state index is 14.8. The first-order valence-electron chi connectivity index (χ1n) is 19.6. The van der Waals surface area contributed by atoms with Gasteiger partial charge in [0.25, 0.3) is 11.1 Å². The number of imidazole rings is 2. The summed E-state index contributed by atoms with van der Waals surface area (Å²) in [4.78, 5) is 39.7. The number of hydrogen-bond donors (Lipinski definition) is 0. The molecule has 2 atom stereocenters. The number of ether oxygens (including phenoxy) is 4. The van der Waals surface area contributed by atoms with Crippen LogP contribution in [0.1, 0.15) is 26.3 Å². The number of benzene rings is 7. The van der Waals surface area contributed by atoms with Crippen molar-refractivity contribution in [2.45, 2.75) is 27.2 Å². The number of rotatable bonds is 1. The summed E-state index contributed by atoms with van der Waals surface area (Å²) in [5.74, 6) is 2.73. The van der Waals surface area contributed by atoms with Crippen LogP contribution in [0.15, 0.2) is 58.1 Å². The summed E-state index contributed by atoms with van der Waals surface area (Å²) in [5, 5.41) is 9.27. The first-order chi connectivity index (χ1) is 28.6.